The fraction of sp³-hybridized carbons (Fsp3) is 0.280. The van der Waals surface area contributed by atoms with Gasteiger partial charge < -0.3 is 5.32 Å². The van der Waals surface area contributed by atoms with Crippen LogP contribution in [0.15, 0.2) is 77.5 Å². The van der Waals surface area contributed by atoms with Gasteiger partial charge in [-0.05, 0) is 72.4 Å². The zero-order valence-electron chi connectivity index (χ0n) is 18.2. The van der Waals surface area contributed by atoms with Crippen molar-refractivity contribution >= 4 is 37.5 Å². The van der Waals surface area contributed by atoms with Crippen LogP contribution in [-0.2, 0) is 27.0 Å². The first kappa shape index (κ1) is 23.6. The second-order valence-corrected chi connectivity index (χ2v) is 11.2. The van der Waals surface area contributed by atoms with Crippen molar-refractivity contribution in [3.05, 3.63) is 94.2 Å². The molecule has 6 nitrogen and oxygen atoms in total. The van der Waals surface area contributed by atoms with Crippen molar-refractivity contribution in [1.82, 2.24) is 9.29 Å². The third-order valence-corrected chi connectivity index (χ3v) is 8.18. The molecule has 2 heterocycles. The molecule has 1 aliphatic heterocycles. The Balaban J connectivity index is 1.28. The Morgan fingerprint density at radius 2 is 1.64 bits per heavy atom. The Hall–Kier alpha value is -2.55. The Morgan fingerprint density at radius 1 is 0.970 bits per heavy atom. The standard InChI is InChI=1S/C25H26BrN3O3S/c26-23-3-1-2-21(17-23)18-33(31,32)29-14-10-22(11-15-29)25(30)28-24-6-4-19(5-7-24)16-20-8-12-27-13-9-20/h1-9,12-13,17,22H,10-11,14-16,18H2,(H,28,30). The number of carbonyl (C=O) groups excluding carboxylic acids is 1. The van der Waals surface area contributed by atoms with E-state index < -0.39 is 10.0 Å². The Morgan fingerprint density at radius 3 is 2.30 bits per heavy atom. The normalized spacial score (nSPS) is 15.3. The zero-order valence-corrected chi connectivity index (χ0v) is 20.6. The Bertz CT molecular complexity index is 1190. The van der Waals surface area contributed by atoms with Crippen LogP contribution in [0.5, 0.6) is 0 Å². The maximum atomic E-state index is 12.8. The van der Waals surface area contributed by atoms with Gasteiger partial charge in [0.15, 0.2) is 0 Å². The minimum Gasteiger partial charge on any atom is -0.326 e. The molecule has 0 bridgehead atoms. The average molecular weight is 528 g/mol. The summed E-state index contributed by atoms with van der Waals surface area (Å²) < 4.78 is 28.0. The van der Waals surface area contributed by atoms with Crippen LogP contribution in [0.25, 0.3) is 0 Å². The zero-order chi connectivity index (χ0) is 23.3. The molecule has 0 unspecified atom stereocenters. The molecule has 0 atom stereocenters. The van der Waals surface area contributed by atoms with E-state index in [2.05, 4.69) is 26.2 Å². The molecule has 172 valence electrons. The van der Waals surface area contributed by atoms with E-state index in [1.165, 1.54) is 9.87 Å². The highest BCUT2D eigenvalue weighted by Crippen LogP contribution is 2.24. The molecule has 1 saturated heterocycles. The van der Waals surface area contributed by atoms with Crippen molar-refractivity contribution in [1.29, 1.82) is 0 Å². The van der Waals surface area contributed by atoms with E-state index in [1.54, 1.807) is 12.4 Å². The molecule has 0 radical (unpaired) electrons. The topological polar surface area (TPSA) is 79.4 Å². The number of aromatic nitrogens is 1. The van der Waals surface area contributed by atoms with Gasteiger partial charge in [-0.3, -0.25) is 9.78 Å². The molecule has 0 saturated carbocycles. The van der Waals surface area contributed by atoms with E-state index in [9.17, 15) is 13.2 Å². The highest BCUT2D eigenvalue weighted by molar-refractivity contribution is 9.10. The molecule has 8 heteroatoms. The van der Waals surface area contributed by atoms with Crippen molar-refractivity contribution < 1.29 is 13.2 Å². The molecule has 33 heavy (non-hydrogen) atoms. The number of hydrogen-bond donors (Lipinski definition) is 1. The first-order valence-corrected chi connectivity index (χ1v) is 13.3. The van der Waals surface area contributed by atoms with Crippen LogP contribution in [0.3, 0.4) is 0 Å². The number of piperidine rings is 1. The molecule has 2 aromatic carbocycles. The summed E-state index contributed by atoms with van der Waals surface area (Å²) in [6.07, 6.45) is 5.40. The molecule has 1 fully saturated rings. The van der Waals surface area contributed by atoms with Crippen LogP contribution in [-0.4, -0.2) is 36.7 Å². The number of rotatable bonds is 7. The smallest absolute Gasteiger partial charge is 0.227 e. The van der Waals surface area contributed by atoms with Crippen molar-refractivity contribution in [3.8, 4) is 0 Å². The first-order valence-electron chi connectivity index (χ1n) is 10.9. The molecule has 1 aliphatic rings. The van der Waals surface area contributed by atoms with Crippen molar-refractivity contribution in [2.75, 3.05) is 18.4 Å². The van der Waals surface area contributed by atoms with E-state index in [0.29, 0.717) is 25.9 Å². The SMILES string of the molecule is O=C(Nc1ccc(Cc2ccncc2)cc1)C1CCN(S(=O)(=O)Cc2cccc(Br)c2)CC1. The minimum absolute atomic E-state index is 0.0326. The summed E-state index contributed by atoms with van der Waals surface area (Å²) in [5, 5.41) is 2.98. The number of halogens is 1. The number of nitrogens with one attached hydrogen (secondary N) is 1. The Kier molecular flexibility index (Phi) is 7.57. The van der Waals surface area contributed by atoms with Crippen LogP contribution in [0.1, 0.15) is 29.5 Å². The minimum atomic E-state index is -3.41. The second-order valence-electron chi connectivity index (χ2n) is 8.28. The van der Waals surface area contributed by atoms with Gasteiger partial charge in [-0.2, -0.15) is 0 Å². The Labute approximate surface area is 203 Å². The van der Waals surface area contributed by atoms with E-state index >= 15 is 0 Å². The first-order chi connectivity index (χ1) is 15.9. The number of amides is 1. The van der Waals surface area contributed by atoms with Gasteiger partial charge in [0.1, 0.15) is 0 Å². The van der Waals surface area contributed by atoms with Crippen molar-refractivity contribution in [2.24, 2.45) is 5.92 Å². The van der Waals surface area contributed by atoms with Crippen molar-refractivity contribution in [3.63, 3.8) is 0 Å². The number of pyridine rings is 1. The number of anilines is 1. The van der Waals surface area contributed by atoms with Crippen LogP contribution in [0.4, 0.5) is 5.69 Å². The average Bonchev–Trinajstić information content (AvgIpc) is 2.81. The van der Waals surface area contributed by atoms with Crippen LogP contribution < -0.4 is 5.32 Å². The summed E-state index contributed by atoms with van der Waals surface area (Å²) in [4.78, 5) is 16.8. The summed E-state index contributed by atoms with van der Waals surface area (Å²) in [6, 6.07) is 19.1. The van der Waals surface area contributed by atoms with Gasteiger partial charge in [-0.25, -0.2) is 12.7 Å². The number of carbonyl (C=O) groups is 1. The van der Waals surface area contributed by atoms with Gasteiger partial charge in [0.2, 0.25) is 15.9 Å². The van der Waals surface area contributed by atoms with Crippen LogP contribution >= 0.6 is 15.9 Å². The summed E-state index contributed by atoms with van der Waals surface area (Å²) in [7, 11) is -3.41. The quantitative estimate of drug-likeness (QED) is 0.486. The summed E-state index contributed by atoms with van der Waals surface area (Å²) in [5.74, 6) is -0.283. The highest BCUT2D eigenvalue weighted by atomic mass is 79.9. The third kappa shape index (κ3) is 6.50. The molecule has 3 aromatic rings. The molecule has 0 spiro atoms. The summed E-state index contributed by atoms with van der Waals surface area (Å²) >= 11 is 3.38. The van der Waals surface area contributed by atoms with Gasteiger partial charge >= 0.3 is 0 Å². The maximum Gasteiger partial charge on any atom is 0.227 e. The van der Waals surface area contributed by atoms with Crippen molar-refractivity contribution in [2.45, 2.75) is 25.0 Å². The molecule has 1 N–H and O–H groups in total. The fourth-order valence-corrected chi connectivity index (χ4v) is 6.01. The highest BCUT2D eigenvalue weighted by Gasteiger charge is 2.31. The molecular weight excluding hydrogens is 502 g/mol. The van der Waals surface area contributed by atoms with E-state index in [1.807, 2.05) is 60.7 Å². The van der Waals surface area contributed by atoms with Gasteiger partial charge in [-0.15, -0.1) is 0 Å². The third-order valence-electron chi connectivity index (χ3n) is 5.84. The number of hydrogen-bond acceptors (Lipinski definition) is 4. The fourth-order valence-electron chi connectivity index (χ4n) is 4.01. The largest absolute Gasteiger partial charge is 0.326 e. The predicted molar refractivity (Wildman–Crippen MR) is 133 cm³/mol. The number of benzene rings is 2. The summed E-state index contributed by atoms with van der Waals surface area (Å²) in [6.45, 7) is 0.721. The van der Waals surface area contributed by atoms with Crippen LogP contribution in [0.2, 0.25) is 0 Å². The molecular formula is C25H26BrN3O3S. The lowest BCUT2D eigenvalue weighted by molar-refractivity contribution is -0.120. The second kappa shape index (κ2) is 10.6. The lowest BCUT2D eigenvalue weighted by Crippen LogP contribution is -2.41. The molecule has 1 aromatic heterocycles. The molecule has 1 amide bonds. The number of nitrogens with zero attached hydrogens (tertiary/aromatic N) is 2. The summed E-state index contributed by atoms with van der Waals surface area (Å²) in [5.41, 5.74) is 3.84. The van der Waals surface area contributed by atoms with Gasteiger partial charge in [0.25, 0.3) is 0 Å². The maximum absolute atomic E-state index is 12.8. The van der Waals surface area contributed by atoms with Gasteiger partial charge in [-0.1, -0.05) is 40.2 Å². The predicted octanol–water partition coefficient (Wildman–Crippen LogP) is 4.62. The molecule has 4 rings (SSSR count). The molecule has 0 aliphatic carbocycles. The van der Waals surface area contributed by atoms with Crippen LogP contribution in [0, 0.1) is 5.92 Å². The monoisotopic (exact) mass is 527 g/mol. The number of sulfonamides is 1. The van der Waals surface area contributed by atoms with E-state index in [0.717, 1.165) is 27.7 Å². The van der Waals surface area contributed by atoms with E-state index in [4.69, 9.17) is 0 Å². The van der Waals surface area contributed by atoms with Gasteiger partial charge in [0, 0.05) is 41.6 Å². The van der Waals surface area contributed by atoms with E-state index in [-0.39, 0.29) is 17.6 Å². The lowest BCUT2D eigenvalue weighted by atomic mass is 9.97. The van der Waals surface area contributed by atoms with Gasteiger partial charge in [0.05, 0.1) is 5.75 Å². The lowest BCUT2D eigenvalue weighted by Gasteiger charge is -2.30.